The van der Waals surface area contributed by atoms with Gasteiger partial charge in [0.1, 0.15) is 15.6 Å². The van der Waals surface area contributed by atoms with Crippen molar-refractivity contribution < 1.29 is 19.7 Å². The van der Waals surface area contributed by atoms with Crippen molar-refractivity contribution in [3.05, 3.63) is 4.88 Å². The number of nitrogen functional groups attached to an aromatic ring is 1. The first-order valence-corrected chi connectivity index (χ1v) is 7.71. The summed E-state index contributed by atoms with van der Waals surface area (Å²) in [5.74, 6) is 0.243. The number of nitrogens with zero attached hydrogens (tertiary/aromatic N) is 1. The van der Waals surface area contributed by atoms with Crippen LogP contribution >= 0.6 is 11.3 Å². The van der Waals surface area contributed by atoms with Crippen molar-refractivity contribution in [1.29, 1.82) is 0 Å². The van der Waals surface area contributed by atoms with E-state index in [2.05, 4.69) is 5.32 Å². The van der Waals surface area contributed by atoms with Gasteiger partial charge in [-0.3, -0.25) is 4.79 Å². The lowest BCUT2D eigenvalue weighted by molar-refractivity contribution is 0.0572. The third-order valence-corrected chi connectivity index (χ3v) is 5.00. The number of anilines is 2. The van der Waals surface area contributed by atoms with Crippen LogP contribution in [-0.2, 0) is 0 Å². The highest BCUT2D eigenvalue weighted by atomic mass is 32.1. The van der Waals surface area contributed by atoms with Gasteiger partial charge in [0.05, 0.1) is 19.3 Å². The molecule has 2 atom stereocenters. The van der Waals surface area contributed by atoms with Crippen LogP contribution in [0.4, 0.5) is 10.7 Å². The molecule has 0 radical (unpaired) electrons. The van der Waals surface area contributed by atoms with Crippen LogP contribution < -0.4 is 20.7 Å². The van der Waals surface area contributed by atoms with E-state index in [-0.39, 0.29) is 11.9 Å². The molecule has 2 fully saturated rings. The fourth-order valence-electron chi connectivity index (χ4n) is 2.40. The normalized spacial score (nSPS) is 25.2. The van der Waals surface area contributed by atoms with Crippen LogP contribution in [0, 0.1) is 0 Å². The number of nitrogens with one attached hydrogen (secondary N) is 1. The second kappa shape index (κ2) is 5.36. The Morgan fingerprint density at radius 2 is 2.00 bits per heavy atom. The third-order valence-electron chi connectivity index (χ3n) is 3.75. The number of β-amino-alcohol motifs (C(OH)–C–C–N with tert-alkyl or cyclic N) is 2. The number of ether oxygens (including phenoxy) is 1. The van der Waals surface area contributed by atoms with Gasteiger partial charge < -0.3 is 30.9 Å². The highest BCUT2D eigenvalue weighted by Gasteiger charge is 2.35. The van der Waals surface area contributed by atoms with Gasteiger partial charge in [0.2, 0.25) is 0 Å². The van der Waals surface area contributed by atoms with E-state index in [9.17, 15) is 15.0 Å². The first-order chi connectivity index (χ1) is 10.0. The van der Waals surface area contributed by atoms with E-state index in [1.165, 1.54) is 18.4 Å². The molecule has 1 amide bonds. The molecule has 1 aromatic rings. The van der Waals surface area contributed by atoms with Gasteiger partial charge in [0, 0.05) is 19.1 Å². The summed E-state index contributed by atoms with van der Waals surface area (Å²) >= 11 is 1.23. The van der Waals surface area contributed by atoms with Crippen molar-refractivity contribution in [2.45, 2.75) is 31.1 Å². The maximum Gasteiger partial charge on any atom is 0.263 e. The molecule has 2 unspecified atom stereocenters. The number of amides is 1. The van der Waals surface area contributed by atoms with Crippen molar-refractivity contribution >= 4 is 27.9 Å². The van der Waals surface area contributed by atoms with Crippen molar-refractivity contribution in [2.75, 3.05) is 30.8 Å². The summed E-state index contributed by atoms with van der Waals surface area (Å²) in [6.45, 7) is 0.586. The molecule has 7 nitrogen and oxygen atoms in total. The highest BCUT2D eigenvalue weighted by molar-refractivity contribution is 7.19. The molecule has 1 aliphatic heterocycles. The number of carbonyl (C=O) groups is 1. The standard InChI is InChI=1S/C13H19N3O4S/c1-20-10-9(14)11(12(19)15-6-2-3-6)21-13(10)16-4-7(17)8(18)5-16/h6-8,17-18H,2-5,14H2,1H3,(H,15,19). The summed E-state index contributed by atoms with van der Waals surface area (Å²) < 4.78 is 5.31. The molecule has 1 aromatic heterocycles. The monoisotopic (exact) mass is 313 g/mol. The number of thiophene rings is 1. The minimum absolute atomic E-state index is 0.190. The molecule has 0 spiro atoms. The Balaban J connectivity index is 1.87. The SMILES string of the molecule is COc1c(N2CC(O)C(O)C2)sc(C(=O)NC2CC2)c1N. The number of nitrogens with two attached hydrogens (primary N) is 1. The lowest BCUT2D eigenvalue weighted by Gasteiger charge is -2.16. The van der Waals surface area contributed by atoms with E-state index in [1.54, 1.807) is 4.90 Å². The van der Waals surface area contributed by atoms with E-state index in [4.69, 9.17) is 10.5 Å². The molecule has 3 rings (SSSR count). The number of methoxy groups -OCH3 is 1. The zero-order chi connectivity index (χ0) is 15.1. The maximum atomic E-state index is 12.2. The number of aliphatic hydroxyl groups excluding tert-OH is 2. The summed E-state index contributed by atoms with van der Waals surface area (Å²) in [7, 11) is 1.49. The van der Waals surface area contributed by atoms with E-state index >= 15 is 0 Å². The highest BCUT2D eigenvalue weighted by Crippen LogP contribution is 2.45. The van der Waals surface area contributed by atoms with Crippen molar-refractivity contribution in [3.63, 3.8) is 0 Å². The van der Waals surface area contributed by atoms with Crippen LogP contribution in [0.2, 0.25) is 0 Å². The van der Waals surface area contributed by atoms with Crippen LogP contribution in [0.15, 0.2) is 0 Å². The summed E-state index contributed by atoms with van der Waals surface area (Å²) in [6, 6.07) is 0.254. The predicted octanol–water partition coefficient (Wildman–Crippen LogP) is -0.227. The molecule has 21 heavy (non-hydrogen) atoms. The van der Waals surface area contributed by atoms with Crippen LogP contribution in [-0.4, -0.2) is 54.6 Å². The number of carbonyl (C=O) groups excluding carboxylic acids is 1. The fourth-order valence-corrected chi connectivity index (χ4v) is 3.52. The average Bonchev–Trinajstić information content (AvgIpc) is 3.10. The van der Waals surface area contributed by atoms with Crippen molar-refractivity contribution in [2.24, 2.45) is 0 Å². The molecule has 2 heterocycles. The van der Waals surface area contributed by atoms with Crippen LogP contribution in [0.5, 0.6) is 5.75 Å². The van der Waals surface area contributed by atoms with Gasteiger partial charge in [0.25, 0.3) is 5.91 Å². The Bertz CT molecular complexity index is 548. The summed E-state index contributed by atoms with van der Waals surface area (Å²) in [4.78, 5) is 14.4. The molecular formula is C13H19N3O4S. The van der Waals surface area contributed by atoms with Gasteiger partial charge in [-0.05, 0) is 12.8 Å². The van der Waals surface area contributed by atoms with Gasteiger partial charge in [-0.15, -0.1) is 11.3 Å². The second-order valence-corrected chi connectivity index (χ2v) is 6.47. The third kappa shape index (κ3) is 2.66. The molecule has 0 bridgehead atoms. The first-order valence-electron chi connectivity index (χ1n) is 6.89. The smallest absolute Gasteiger partial charge is 0.263 e. The predicted molar refractivity (Wildman–Crippen MR) is 80.0 cm³/mol. The Kier molecular flexibility index (Phi) is 3.68. The van der Waals surface area contributed by atoms with Crippen LogP contribution in [0.3, 0.4) is 0 Å². The van der Waals surface area contributed by atoms with Crippen molar-refractivity contribution in [3.8, 4) is 5.75 Å². The largest absolute Gasteiger partial charge is 0.492 e. The molecule has 1 aliphatic carbocycles. The van der Waals surface area contributed by atoms with E-state index < -0.39 is 12.2 Å². The topological polar surface area (TPSA) is 108 Å². The zero-order valence-corrected chi connectivity index (χ0v) is 12.5. The van der Waals surface area contributed by atoms with E-state index in [0.29, 0.717) is 34.4 Å². The Morgan fingerprint density at radius 3 is 2.52 bits per heavy atom. The average molecular weight is 313 g/mol. The lowest BCUT2D eigenvalue weighted by atomic mass is 10.3. The Morgan fingerprint density at radius 1 is 1.38 bits per heavy atom. The fraction of sp³-hybridized carbons (Fsp3) is 0.615. The summed E-state index contributed by atoms with van der Waals surface area (Å²) in [6.07, 6.45) is 0.403. The van der Waals surface area contributed by atoms with Crippen molar-refractivity contribution in [1.82, 2.24) is 5.32 Å². The van der Waals surface area contributed by atoms with Gasteiger partial charge in [-0.2, -0.15) is 0 Å². The molecular weight excluding hydrogens is 294 g/mol. The summed E-state index contributed by atoms with van der Waals surface area (Å²) in [5.41, 5.74) is 6.33. The Labute approximate surface area is 126 Å². The van der Waals surface area contributed by atoms with Gasteiger partial charge in [-0.1, -0.05) is 0 Å². The minimum Gasteiger partial charge on any atom is -0.492 e. The molecule has 116 valence electrons. The van der Waals surface area contributed by atoms with Gasteiger partial charge in [0.15, 0.2) is 5.75 Å². The second-order valence-electron chi connectivity index (χ2n) is 5.47. The maximum absolute atomic E-state index is 12.2. The lowest BCUT2D eigenvalue weighted by Crippen LogP contribution is -2.25. The number of aliphatic hydroxyl groups is 2. The Hall–Kier alpha value is -1.51. The van der Waals surface area contributed by atoms with Crippen LogP contribution in [0.1, 0.15) is 22.5 Å². The number of hydrogen-bond acceptors (Lipinski definition) is 7. The first kappa shape index (κ1) is 14.4. The zero-order valence-electron chi connectivity index (χ0n) is 11.7. The van der Waals surface area contributed by atoms with Crippen LogP contribution in [0.25, 0.3) is 0 Å². The quantitative estimate of drug-likeness (QED) is 0.612. The molecule has 5 N–H and O–H groups in total. The molecule has 0 aromatic carbocycles. The number of hydrogen-bond donors (Lipinski definition) is 4. The minimum atomic E-state index is -0.804. The summed E-state index contributed by atoms with van der Waals surface area (Å²) in [5, 5.41) is 22.9. The van der Waals surface area contributed by atoms with E-state index in [1.807, 2.05) is 0 Å². The van der Waals surface area contributed by atoms with Gasteiger partial charge in [-0.25, -0.2) is 0 Å². The molecule has 8 heteroatoms. The van der Waals surface area contributed by atoms with Gasteiger partial charge >= 0.3 is 0 Å². The molecule has 1 saturated heterocycles. The molecule has 1 saturated carbocycles. The van der Waals surface area contributed by atoms with E-state index in [0.717, 1.165) is 12.8 Å². The molecule has 2 aliphatic rings. The number of rotatable bonds is 4.